The smallest absolute Gasteiger partial charge is 0.236 e. The third kappa shape index (κ3) is 3.59. The van der Waals surface area contributed by atoms with E-state index in [-0.39, 0.29) is 11.8 Å². The van der Waals surface area contributed by atoms with E-state index in [2.05, 4.69) is 36.0 Å². The molecule has 0 radical (unpaired) electrons. The Balaban J connectivity index is 1.92. The number of aromatic nitrogens is 1. The second-order valence-electron chi connectivity index (χ2n) is 6.23. The number of rotatable bonds is 3. The highest BCUT2D eigenvalue weighted by Crippen LogP contribution is 2.26. The summed E-state index contributed by atoms with van der Waals surface area (Å²) < 4.78 is 0. The van der Waals surface area contributed by atoms with E-state index in [9.17, 15) is 4.79 Å². The van der Waals surface area contributed by atoms with Gasteiger partial charge in [0, 0.05) is 32.4 Å². The first-order chi connectivity index (χ1) is 11.1. The van der Waals surface area contributed by atoms with Crippen LogP contribution in [-0.4, -0.2) is 53.9 Å². The fraction of sp³-hybridized carbons (Fsp3) is 0.368. The van der Waals surface area contributed by atoms with Crippen molar-refractivity contribution in [2.75, 3.05) is 33.2 Å². The second-order valence-corrected chi connectivity index (χ2v) is 6.23. The number of hydrogen-bond acceptors (Lipinski definition) is 3. The van der Waals surface area contributed by atoms with Gasteiger partial charge >= 0.3 is 0 Å². The van der Waals surface area contributed by atoms with Crippen LogP contribution in [0.15, 0.2) is 48.7 Å². The summed E-state index contributed by atoms with van der Waals surface area (Å²) in [4.78, 5) is 21.8. The first kappa shape index (κ1) is 15.7. The van der Waals surface area contributed by atoms with Crippen molar-refractivity contribution in [1.82, 2.24) is 14.8 Å². The van der Waals surface area contributed by atoms with Gasteiger partial charge in [0.05, 0.1) is 5.69 Å². The van der Waals surface area contributed by atoms with Crippen molar-refractivity contribution in [2.45, 2.75) is 12.8 Å². The number of amides is 1. The van der Waals surface area contributed by atoms with Crippen LogP contribution < -0.4 is 0 Å². The van der Waals surface area contributed by atoms with Gasteiger partial charge in [-0.15, -0.1) is 0 Å². The molecule has 3 rings (SSSR count). The molecular formula is C19H23N3O. The molecule has 1 saturated heterocycles. The van der Waals surface area contributed by atoms with Crippen molar-refractivity contribution in [3.8, 4) is 0 Å². The van der Waals surface area contributed by atoms with E-state index < -0.39 is 0 Å². The molecule has 1 amide bonds. The maximum atomic E-state index is 13.2. The van der Waals surface area contributed by atoms with Crippen LogP contribution in [0, 0.1) is 6.92 Å². The number of carbonyl (C=O) groups excluding carboxylic acids is 1. The van der Waals surface area contributed by atoms with Crippen molar-refractivity contribution in [2.24, 2.45) is 0 Å². The molecule has 120 valence electrons. The molecule has 0 bridgehead atoms. The topological polar surface area (TPSA) is 36.4 Å². The largest absolute Gasteiger partial charge is 0.339 e. The monoisotopic (exact) mass is 309 g/mol. The van der Waals surface area contributed by atoms with E-state index in [1.54, 1.807) is 6.20 Å². The Labute approximate surface area is 137 Å². The molecule has 0 N–H and O–H groups in total. The second kappa shape index (κ2) is 6.92. The Bertz CT molecular complexity index is 646. The third-order valence-electron chi connectivity index (χ3n) is 4.46. The SMILES string of the molecule is Cc1ccc(C(C(=O)N2CCN(C)CC2)c2ccccn2)cc1. The summed E-state index contributed by atoms with van der Waals surface area (Å²) >= 11 is 0. The average Bonchev–Trinajstić information content (AvgIpc) is 2.58. The van der Waals surface area contributed by atoms with Crippen molar-refractivity contribution >= 4 is 5.91 Å². The van der Waals surface area contributed by atoms with Gasteiger partial charge in [0.1, 0.15) is 5.92 Å². The molecule has 1 fully saturated rings. The Morgan fingerprint density at radius 3 is 2.35 bits per heavy atom. The summed E-state index contributed by atoms with van der Waals surface area (Å²) in [7, 11) is 2.10. The van der Waals surface area contributed by atoms with Crippen LogP contribution in [0.3, 0.4) is 0 Å². The Kier molecular flexibility index (Phi) is 4.72. The van der Waals surface area contributed by atoms with Gasteiger partial charge in [-0.05, 0) is 31.7 Å². The maximum Gasteiger partial charge on any atom is 0.236 e. The lowest BCUT2D eigenvalue weighted by Gasteiger charge is -2.34. The van der Waals surface area contributed by atoms with Gasteiger partial charge in [-0.2, -0.15) is 0 Å². The Morgan fingerprint density at radius 2 is 1.74 bits per heavy atom. The van der Waals surface area contributed by atoms with Crippen LogP contribution in [0.2, 0.25) is 0 Å². The fourth-order valence-corrected chi connectivity index (χ4v) is 2.95. The molecule has 23 heavy (non-hydrogen) atoms. The number of aryl methyl sites for hydroxylation is 1. The minimum absolute atomic E-state index is 0.153. The van der Waals surface area contributed by atoms with Crippen LogP contribution in [0.4, 0.5) is 0 Å². The molecule has 1 aromatic heterocycles. The van der Waals surface area contributed by atoms with Crippen molar-refractivity contribution in [1.29, 1.82) is 0 Å². The first-order valence-electron chi connectivity index (χ1n) is 8.10. The summed E-state index contributed by atoms with van der Waals surface area (Å²) in [5, 5.41) is 0. The van der Waals surface area contributed by atoms with Gasteiger partial charge in [-0.3, -0.25) is 9.78 Å². The molecule has 1 unspecified atom stereocenters. The van der Waals surface area contributed by atoms with Gasteiger partial charge < -0.3 is 9.80 Å². The van der Waals surface area contributed by atoms with Crippen LogP contribution in [0.1, 0.15) is 22.7 Å². The lowest BCUT2D eigenvalue weighted by atomic mass is 9.92. The van der Waals surface area contributed by atoms with E-state index >= 15 is 0 Å². The number of nitrogens with zero attached hydrogens (tertiary/aromatic N) is 3. The summed E-state index contributed by atoms with van der Waals surface area (Å²) in [6.07, 6.45) is 1.76. The summed E-state index contributed by atoms with van der Waals surface area (Å²) in [6.45, 7) is 5.47. The fourth-order valence-electron chi connectivity index (χ4n) is 2.95. The minimum atomic E-state index is -0.319. The van der Waals surface area contributed by atoms with Crippen molar-refractivity contribution < 1.29 is 4.79 Å². The van der Waals surface area contributed by atoms with Crippen LogP contribution in [0.5, 0.6) is 0 Å². The van der Waals surface area contributed by atoms with Crippen LogP contribution >= 0.6 is 0 Å². The van der Waals surface area contributed by atoms with E-state index in [0.717, 1.165) is 37.4 Å². The van der Waals surface area contributed by atoms with E-state index in [0.29, 0.717) is 0 Å². The predicted octanol–water partition coefficient (Wildman–Crippen LogP) is 2.30. The number of benzene rings is 1. The van der Waals surface area contributed by atoms with Gasteiger partial charge in [0.25, 0.3) is 0 Å². The van der Waals surface area contributed by atoms with Crippen LogP contribution in [0.25, 0.3) is 0 Å². The summed E-state index contributed by atoms with van der Waals surface area (Å²) in [6, 6.07) is 14.0. The summed E-state index contributed by atoms with van der Waals surface area (Å²) in [5.41, 5.74) is 3.03. The van der Waals surface area contributed by atoms with E-state index in [4.69, 9.17) is 0 Å². The number of likely N-dealkylation sites (N-methyl/N-ethyl adjacent to an activating group) is 1. The normalized spacial score (nSPS) is 17.0. The number of pyridine rings is 1. The van der Waals surface area contributed by atoms with Gasteiger partial charge in [-0.1, -0.05) is 35.9 Å². The molecular weight excluding hydrogens is 286 g/mol. The highest BCUT2D eigenvalue weighted by atomic mass is 16.2. The molecule has 0 spiro atoms. The first-order valence-corrected chi connectivity index (χ1v) is 8.10. The van der Waals surface area contributed by atoms with E-state index in [1.165, 1.54) is 5.56 Å². The van der Waals surface area contributed by atoms with Gasteiger partial charge in [-0.25, -0.2) is 0 Å². The zero-order chi connectivity index (χ0) is 16.2. The molecule has 2 aromatic rings. The highest BCUT2D eigenvalue weighted by Gasteiger charge is 2.30. The standard InChI is InChI=1S/C19H23N3O/c1-15-6-8-16(9-7-15)18(17-5-3-4-10-20-17)19(23)22-13-11-21(2)12-14-22/h3-10,18H,11-14H2,1-2H3. The predicted molar refractivity (Wildman–Crippen MR) is 91.3 cm³/mol. The Morgan fingerprint density at radius 1 is 1.04 bits per heavy atom. The van der Waals surface area contributed by atoms with Crippen molar-refractivity contribution in [3.05, 3.63) is 65.5 Å². The molecule has 1 aromatic carbocycles. The lowest BCUT2D eigenvalue weighted by molar-refractivity contribution is -0.133. The summed E-state index contributed by atoms with van der Waals surface area (Å²) in [5.74, 6) is -0.166. The molecule has 0 saturated carbocycles. The van der Waals surface area contributed by atoms with Crippen LogP contribution in [-0.2, 0) is 4.79 Å². The third-order valence-corrected chi connectivity index (χ3v) is 4.46. The van der Waals surface area contributed by atoms with E-state index in [1.807, 2.05) is 35.2 Å². The molecule has 4 heteroatoms. The molecule has 1 aliphatic rings. The number of piperazine rings is 1. The highest BCUT2D eigenvalue weighted by molar-refractivity contribution is 5.86. The van der Waals surface area contributed by atoms with Gasteiger partial charge in [0.15, 0.2) is 0 Å². The molecule has 0 aliphatic carbocycles. The van der Waals surface area contributed by atoms with Gasteiger partial charge in [0.2, 0.25) is 5.91 Å². The molecule has 2 heterocycles. The molecule has 4 nitrogen and oxygen atoms in total. The maximum absolute atomic E-state index is 13.2. The lowest BCUT2D eigenvalue weighted by Crippen LogP contribution is -2.48. The zero-order valence-corrected chi connectivity index (χ0v) is 13.8. The van der Waals surface area contributed by atoms with Crippen molar-refractivity contribution in [3.63, 3.8) is 0 Å². The number of hydrogen-bond donors (Lipinski definition) is 0. The zero-order valence-electron chi connectivity index (χ0n) is 13.8. The molecule has 1 aliphatic heterocycles. The molecule has 1 atom stereocenters. The quantitative estimate of drug-likeness (QED) is 0.873. The average molecular weight is 309 g/mol. The minimum Gasteiger partial charge on any atom is -0.339 e. The Hall–Kier alpha value is -2.20. The number of carbonyl (C=O) groups is 1.